The van der Waals surface area contributed by atoms with Gasteiger partial charge < -0.3 is 4.90 Å². The molecule has 1 aromatic heterocycles. The number of rotatable bonds is 5. The molecule has 27 heavy (non-hydrogen) atoms. The quantitative estimate of drug-likeness (QED) is 0.678. The molecule has 0 N–H and O–H groups in total. The monoisotopic (exact) mass is 383 g/mol. The Labute approximate surface area is 163 Å². The van der Waals surface area contributed by atoms with Crippen LogP contribution in [0, 0.1) is 0 Å². The largest absolute Gasteiger partial charge is 0.369 e. The molecule has 1 aliphatic heterocycles. The number of hydrogen-bond acceptors (Lipinski definition) is 5. The van der Waals surface area contributed by atoms with E-state index in [1.807, 2.05) is 36.4 Å². The van der Waals surface area contributed by atoms with Crippen LogP contribution in [0.2, 0.25) is 5.02 Å². The first-order valence-electron chi connectivity index (χ1n) is 9.26. The Morgan fingerprint density at radius 3 is 2.59 bits per heavy atom. The average molecular weight is 384 g/mol. The van der Waals surface area contributed by atoms with Gasteiger partial charge in [-0.3, -0.25) is 9.69 Å². The Balaban J connectivity index is 1.29. The van der Waals surface area contributed by atoms with Crippen molar-refractivity contribution in [2.24, 2.45) is 0 Å². The van der Waals surface area contributed by atoms with Gasteiger partial charge in [-0.15, -0.1) is 5.10 Å². The van der Waals surface area contributed by atoms with Crippen molar-refractivity contribution in [2.45, 2.75) is 13.0 Å². The van der Waals surface area contributed by atoms with E-state index in [1.54, 1.807) is 6.07 Å². The fourth-order valence-corrected chi connectivity index (χ4v) is 3.70. The molecule has 4 rings (SSSR count). The normalized spacial score (nSPS) is 15.4. The Morgan fingerprint density at radius 1 is 0.963 bits per heavy atom. The standard InChI is InChI=1S/C20H22ClN5O/c21-16-5-3-6-17(15-16)25-13-11-24(12-14-25)9-4-10-26-20(27)18-7-1-2-8-19(18)22-23-26/h1-3,5-8,15H,4,9-14H2. The summed E-state index contributed by atoms with van der Waals surface area (Å²) < 4.78 is 1.48. The molecular formula is C20H22ClN5O. The maximum absolute atomic E-state index is 12.5. The molecule has 0 atom stereocenters. The maximum atomic E-state index is 12.5. The molecule has 1 saturated heterocycles. The Kier molecular flexibility index (Phi) is 5.36. The van der Waals surface area contributed by atoms with Crippen molar-refractivity contribution in [3.63, 3.8) is 0 Å². The van der Waals surface area contributed by atoms with E-state index in [0.29, 0.717) is 17.4 Å². The lowest BCUT2D eigenvalue weighted by atomic mass is 10.2. The zero-order valence-electron chi connectivity index (χ0n) is 15.1. The van der Waals surface area contributed by atoms with Gasteiger partial charge in [-0.25, -0.2) is 4.68 Å². The minimum Gasteiger partial charge on any atom is -0.369 e. The number of aromatic nitrogens is 3. The summed E-state index contributed by atoms with van der Waals surface area (Å²) in [4.78, 5) is 17.3. The Bertz CT molecular complexity index is 981. The molecule has 2 heterocycles. The van der Waals surface area contributed by atoms with Gasteiger partial charge in [-0.2, -0.15) is 0 Å². The van der Waals surface area contributed by atoms with Gasteiger partial charge >= 0.3 is 0 Å². The number of aryl methyl sites for hydroxylation is 1. The summed E-state index contributed by atoms with van der Waals surface area (Å²) in [5.74, 6) is 0. The third kappa shape index (κ3) is 4.12. The van der Waals surface area contributed by atoms with E-state index in [2.05, 4.69) is 26.2 Å². The highest BCUT2D eigenvalue weighted by molar-refractivity contribution is 6.30. The van der Waals surface area contributed by atoms with Crippen LogP contribution in [-0.4, -0.2) is 52.6 Å². The van der Waals surface area contributed by atoms with E-state index in [9.17, 15) is 4.79 Å². The van der Waals surface area contributed by atoms with Crippen molar-refractivity contribution in [1.29, 1.82) is 0 Å². The molecule has 6 nitrogen and oxygen atoms in total. The smallest absolute Gasteiger partial charge is 0.277 e. The minimum atomic E-state index is -0.0635. The number of benzene rings is 2. The molecule has 0 aliphatic carbocycles. The highest BCUT2D eigenvalue weighted by atomic mass is 35.5. The first-order chi connectivity index (χ1) is 13.2. The number of anilines is 1. The summed E-state index contributed by atoms with van der Waals surface area (Å²) in [5.41, 5.74) is 1.77. The summed E-state index contributed by atoms with van der Waals surface area (Å²) in [5, 5.41) is 9.61. The molecule has 0 amide bonds. The molecule has 3 aromatic rings. The average Bonchev–Trinajstić information content (AvgIpc) is 2.70. The van der Waals surface area contributed by atoms with Gasteiger partial charge in [-0.05, 0) is 36.8 Å². The van der Waals surface area contributed by atoms with Crippen LogP contribution in [0.1, 0.15) is 6.42 Å². The second-order valence-electron chi connectivity index (χ2n) is 6.80. The number of halogens is 1. The van der Waals surface area contributed by atoms with Crippen molar-refractivity contribution in [1.82, 2.24) is 19.9 Å². The molecule has 140 valence electrons. The van der Waals surface area contributed by atoms with Crippen molar-refractivity contribution in [3.05, 3.63) is 63.9 Å². The predicted octanol–water partition coefficient (Wildman–Crippen LogP) is 2.66. The van der Waals surface area contributed by atoms with Crippen LogP contribution in [-0.2, 0) is 6.54 Å². The number of nitrogens with zero attached hydrogens (tertiary/aromatic N) is 5. The van der Waals surface area contributed by atoms with Crippen LogP contribution in [0.5, 0.6) is 0 Å². The number of hydrogen-bond donors (Lipinski definition) is 0. The van der Waals surface area contributed by atoms with E-state index in [0.717, 1.165) is 44.2 Å². The van der Waals surface area contributed by atoms with E-state index < -0.39 is 0 Å². The number of fused-ring (bicyclic) bond motifs is 1. The number of piperazine rings is 1. The second-order valence-corrected chi connectivity index (χ2v) is 7.23. The van der Waals surface area contributed by atoms with Gasteiger partial charge in [0.1, 0.15) is 5.52 Å². The molecule has 0 radical (unpaired) electrons. The van der Waals surface area contributed by atoms with Crippen LogP contribution < -0.4 is 10.5 Å². The molecule has 1 fully saturated rings. The van der Waals surface area contributed by atoms with Crippen molar-refractivity contribution in [3.8, 4) is 0 Å². The lowest BCUT2D eigenvalue weighted by molar-refractivity contribution is 0.248. The van der Waals surface area contributed by atoms with Gasteiger partial charge in [0.15, 0.2) is 0 Å². The van der Waals surface area contributed by atoms with Crippen LogP contribution in [0.25, 0.3) is 10.9 Å². The van der Waals surface area contributed by atoms with E-state index in [1.165, 1.54) is 10.4 Å². The third-order valence-corrected chi connectivity index (χ3v) is 5.25. The molecule has 0 unspecified atom stereocenters. The van der Waals surface area contributed by atoms with Crippen molar-refractivity contribution in [2.75, 3.05) is 37.6 Å². The summed E-state index contributed by atoms with van der Waals surface area (Å²) in [6.07, 6.45) is 0.879. The Hall–Kier alpha value is -2.44. The van der Waals surface area contributed by atoms with Crippen LogP contribution in [0.15, 0.2) is 53.3 Å². The van der Waals surface area contributed by atoms with Gasteiger partial charge in [0.05, 0.1) is 5.39 Å². The predicted molar refractivity (Wildman–Crippen MR) is 109 cm³/mol. The molecule has 1 aliphatic rings. The maximum Gasteiger partial charge on any atom is 0.277 e. The molecule has 0 saturated carbocycles. The summed E-state index contributed by atoms with van der Waals surface area (Å²) in [6.45, 7) is 5.51. The van der Waals surface area contributed by atoms with Gasteiger partial charge in [0.2, 0.25) is 0 Å². The van der Waals surface area contributed by atoms with Crippen molar-refractivity contribution >= 4 is 28.2 Å². The lowest BCUT2D eigenvalue weighted by Crippen LogP contribution is -2.46. The van der Waals surface area contributed by atoms with Crippen LogP contribution in [0.3, 0.4) is 0 Å². The summed E-state index contributed by atoms with van der Waals surface area (Å²) in [7, 11) is 0. The van der Waals surface area contributed by atoms with E-state index >= 15 is 0 Å². The van der Waals surface area contributed by atoms with E-state index in [-0.39, 0.29) is 5.56 Å². The lowest BCUT2D eigenvalue weighted by Gasteiger charge is -2.36. The minimum absolute atomic E-state index is 0.0635. The summed E-state index contributed by atoms with van der Waals surface area (Å²) >= 11 is 6.09. The highest BCUT2D eigenvalue weighted by Gasteiger charge is 2.17. The zero-order valence-corrected chi connectivity index (χ0v) is 15.8. The van der Waals surface area contributed by atoms with Crippen LogP contribution >= 0.6 is 11.6 Å². The third-order valence-electron chi connectivity index (χ3n) is 5.02. The fraction of sp³-hybridized carbons (Fsp3) is 0.350. The first kappa shape index (κ1) is 17.9. The second kappa shape index (κ2) is 8.06. The molecule has 7 heteroatoms. The zero-order chi connectivity index (χ0) is 18.6. The SMILES string of the molecule is O=c1c2ccccc2nnn1CCCN1CCN(c2cccc(Cl)c2)CC1. The molecule has 2 aromatic carbocycles. The van der Waals surface area contributed by atoms with Gasteiger partial charge in [0, 0.05) is 50.0 Å². The molecule has 0 bridgehead atoms. The topological polar surface area (TPSA) is 54.3 Å². The Morgan fingerprint density at radius 2 is 1.78 bits per heavy atom. The fourth-order valence-electron chi connectivity index (χ4n) is 3.52. The van der Waals surface area contributed by atoms with Gasteiger partial charge in [0.25, 0.3) is 5.56 Å². The first-order valence-corrected chi connectivity index (χ1v) is 9.64. The van der Waals surface area contributed by atoms with Crippen molar-refractivity contribution < 1.29 is 0 Å². The van der Waals surface area contributed by atoms with Crippen LogP contribution in [0.4, 0.5) is 5.69 Å². The molecular weight excluding hydrogens is 362 g/mol. The van der Waals surface area contributed by atoms with Gasteiger partial charge in [-0.1, -0.05) is 35.0 Å². The highest BCUT2D eigenvalue weighted by Crippen LogP contribution is 2.20. The molecule has 0 spiro atoms. The summed E-state index contributed by atoms with van der Waals surface area (Å²) in [6, 6.07) is 15.4. The van der Waals surface area contributed by atoms with E-state index in [4.69, 9.17) is 11.6 Å².